The number of hydrogen-bond donors (Lipinski definition) is 1. The molecule has 1 heterocycles. The molecular weight excluding hydrogens is 234 g/mol. The zero-order valence-corrected chi connectivity index (χ0v) is 10.8. The van der Waals surface area contributed by atoms with E-state index in [1.807, 2.05) is 24.5 Å². The molecule has 0 aliphatic rings. The SMILES string of the molecule is Nc1ccc2c(c1)ncn2CCCc1ccccc1. The monoisotopic (exact) mass is 251 g/mol. The lowest BCUT2D eigenvalue weighted by molar-refractivity contribution is 0.657. The molecule has 0 atom stereocenters. The van der Waals surface area contributed by atoms with Crippen LogP contribution in [-0.2, 0) is 13.0 Å². The lowest BCUT2D eigenvalue weighted by Gasteiger charge is -2.05. The first-order valence-corrected chi connectivity index (χ1v) is 6.57. The van der Waals surface area contributed by atoms with Gasteiger partial charge in [0.25, 0.3) is 0 Å². The van der Waals surface area contributed by atoms with E-state index in [2.05, 4.69) is 39.9 Å². The number of imidazole rings is 1. The molecule has 2 N–H and O–H groups in total. The number of nitrogens with two attached hydrogens (primary N) is 1. The molecule has 0 radical (unpaired) electrons. The number of hydrogen-bond acceptors (Lipinski definition) is 2. The Morgan fingerprint density at radius 1 is 1.05 bits per heavy atom. The van der Waals surface area contributed by atoms with Crippen LogP contribution in [0.1, 0.15) is 12.0 Å². The van der Waals surface area contributed by atoms with Crippen molar-refractivity contribution in [2.45, 2.75) is 19.4 Å². The Labute approximate surface area is 112 Å². The van der Waals surface area contributed by atoms with E-state index in [1.54, 1.807) is 0 Å². The van der Waals surface area contributed by atoms with Crippen LogP contribution in [-0.4, -0.2) is 9.55 Å². The van der Waals surface area contributed by atoms with E-state index >= 15 is 0 Å². The summed E-state index contributed by atoms with van der Waals surface area (Å²) < 4.78 is 2.19. The van der Waals surface area contributed by atoms with Crippen LogP contribution < -0.4 is 5.73 Å². The van der Waals surface area contributed by atoms with Gasteiger partial charge in [-0.2, -0.15) is 0 Å². The van der Waals surface area contributed by atoms with E-state index in [0.717, 1.165) is 36.1 Å². The van der Waals surface area contributed by atoms with Crippen LogP contribution in [0.4, 0.5) is 5.69 Å². The highest BCUT2D eigenvalue weighted by molar-refractivity contribution is 5.78. The first-order chi connectivity index (χ1) is 9.33. The van der Waals surface area contributed by atoms with Gasteiger partial charge in [0.1, 0.15) is 0 Å². The third-order valence-electron chi connectivity index (χ3n) is 3.35. The lowest BCUT2D eigenvalue weighted by atomic mass is 10.1. The zero-order chi connectivity index (χ0) is 13.1. The summed E-state index contributed by atoms with van der Waals surface area (Å²) >= 11 is 0. The molecule has 0 saturated heterocycles. The first-order valence-electron chi connectivity index (χ1n) is 6.57. The summed E-state index contributed by atoms with van der Waals surface area (Å²) in [6, 6.07) is 16.5. The number of fused-ring (bicyclic) bond motifs is 1. The topological polar surface area (TPSA) is 43.8 Å². The quantitative estimate of drug-likeness (QED) is 0.723. The Bertz CT molecular complexity index is 671. The second-order valence-corrected chi connectivity index (χ2v) is 4.78. The molecule has 2 aromatic carbocycles. The molecule has 96 valence electrons. The lowest BCUT2D eigenvalue weighted by Crippen LogP contribution is -1.98. The van der Waals surface area contributed by atoms with Crippen molar-refractivity contribution < 1.29 is 0 Å². The molecule has 3 aromatic rings. The minimum absolute atomic E-state index is 0.766. The van der Waals surface area contributed by atoms with Crippen molar-refractivity contribution >= 4 is 16.7 Å². The number of rotatable bonds is 4. The van der Waals surface area contributed by atoms with E-state index in [1.165, 1.54) is 5.56 Å². The fraction of sp³-hybridized carbons (Fsp3) is 0.188. The fourth-order valence-electron chi connectivity index (χ4n) is 2.36. The van der Waals surface area contributed by atoms with Gasteiger partial charge in [-0.15, -0.1) is 0 Å². The average Bonchev–Trinajstić information content (AvgIpc) is 2.82. The third kappa shape index (κ3) is 2.60. The van der Waals surface area contributed by atoms with Gasteiger partial charge in [-0.25, -0.2) is 4.98 Å². The van der Waals surface area contributed by atoms with Gasteiger partial charge in [-0.05, 0) is 36.6 Å². The summed E-state index contributed by atoms with van der Waals surface area (Å²) in [6.45, 7) is 0.981. The highest BCUT2D eigenvalue weighted by Crippen LogP contribution is 2.16. The van der Waals surface area contributed by atoms with Gasteiger partial charge in [-0.3, -0.25) is 0 Å². The molecule has 0 bridgehead atoms. The number of aromatic nitrogens is 2. The summed E-state index contributed by atoms with van der Waals surface area (Å²) in [5.74, 6) is 0. The molecule has 1 aromatic heterocycles. The van der Waals surface area contributed by atoms with Gasteiger partial charge in [0, 0.05) is 12.2 Å². The first kappa shape index (κ1) is 11.8. The van der Waals surface area contributed by atoms with Gasteiger partial charge in [0.15, 0.2) is 0 Å². The van der Waals surface area contributed by atoms with Crippen molar-refractivity contribution in [3.63, 3.8) is 0 Å². The van der Waals surface area contributed by atoms with E-state index < -0.39 is 0 Å². The predicted octanol–water partition coefficient (Wildman–Crippen LogP) is 3.25. The van der Waals surface area contributed by atoms with Crippen molar-refractivity contribution in [3.05, 3.63) is 60.4 Å². The molecule has 3 heteroatoms. The standard InChI is InChI=1S/C16H17N3/c17-14-8-9-16-15(11-14)18-12-19(16)10-4-7-13-5-2-1-3-6-13/h1-3,5-6,8-9,11-12H,4,7,10,17H2. The average molecular weight is 251 g/mol. The summed E-state index contributed by atoms with van der Waals surface area (Å²) in [5, 5.41) is 0. The molecule has 0 fully saturated rings. The summed E-state index contributed by atoms with van der Waals surface area (Å²) in [4.78, 5) is 4.39. The summed E-state index contributed by atoms with van der Waals surface area (Å²) in [5.41, 5.74) is 10.0. The van der Waals surface area contributed by atoms with E-state index in [9.17, 15) is 0 Å². The van der Waals surface area contributed by atoms with Crippen LogP contribution in [0.25, 0.3) is 11.0 Å². The van der Waals surface area contributed by atoms with Gasteiger partial charge >= 0.3 is 0 Å². The molecule has 3 nitrogen and oxygen atoms in total. The van der Waals surface area contributed by atoms with Crippen molar-refractivity contribution in [1.82, 2.24) is 9.55 Å². The number of nitrogens with zero attached hydrogens (tertiary/aromatic N) is 2. The van der Waals surface area contributed by atoms with Gasteiger partial charge in [0.2, 0.25) is 0 Å². The zero-order valence-electron chi connectivity index (χ0n) is 10.8. The Kier molecular flexibility index (Phi) is 3.19. The van der Waals surface area contributed by atoms with Crippen molar-refractivity contribution in [1.29, 1.82) is 0 Å². The second kappa shape index (κ2) is 5.14. The van der Waals surface area contributed by atoms with Gasteiger partial charge < -0.3 is 10.3 Å². The molecule has 19 heavy (non-hydrogen) atoms. The van der Waals surface area contributed by atoms with Crippen molar-refractivity contribution in [3.8, 4) is 0 Å². The Hall–Kier alpha value is -2.29. The van der Waals surface area contributed by atoms with Crippen LogP contribution in [0, 0.1) is 0 Å². The molecule has 0 amide bonds. The smallest absolute Gasteiger partial charge is 0.0958 e. The van der Waals surface area contributed by atoms with Crippen LogP contribution in [0.15, 0.2) is 54.9 Å². The van der Waals surface area contributed by atoms with Crippen molar-refractivity contribution in [2.75, 3.05) is 5.73 Å². The highest BCUT2D eigenvalue weighted by Gasteiger charge is 2.02. The molecule has 0 aliphatic heterocycles. The maximum Gasteiger partial charge on any atom is 0.0958 e. The van der Waals surface area contributed by atoms with E-state index in [-0.39, 0.29) is 0 Å². The number of nitrogen functional groups attached to an aromatic ring is 1. The molecular formula is C16H17N3. The Morgan fingerprint density at radius 2 is 1.89 bits per heavy atom. The number of benzene rings is 2. The molecule has 3 rings (SSSR count). The number of aryl methyl sites for hydroxylation is 2. The molecule has 0 saturated carbocycles. The number of anilines is 1. The molecule has 0 aliphatic carbocycles. The van der Waals surface area contributed by atoms with Gasteiger partial charge in [-0.1, -0.05) is 30.3 Å². The third-order valence-corrected chi connectivity index (χ3v) is 3.35. The predicted molar refractivity (Wildman–Crippen MR) is 78.9 cm³/mol. The normalized spacial score (nSPS) is 10.9. The minimum atomic E-state index is 0.766. The van der Waals surface area contributed by atoms with Crippen molar-refractivity contribution in [2.24, 2.45) is 0 Å². The maximum absolute atomic E-state index is 5.76. The maximum atomic E-state index is 5.76. The van der Waals surface area contributed by atoms with Crippen LogP contribution in [0.2, 0.25) is 0 Å². The van der Waals surface area contributed by atoms with Crippen LogP contribution in [0.5, 0.6) is 0 Å². The summed E-state index contributed by atoms with van der Waals surface area (Å²) in [6.07, 6.45) is 4.10. The van der Waals surface area contributed by atoms with Gasteiger partial charge in [0.05, 0.1) is 17.4 Å². The van der Waals surface area contributed by atoms with Crippen LogP contribution >= 0.6 is 0 Å². The van der Waals surface area contributed by atoms with E-state index in [4.69, 9.17) is 5.73 Å². The minimum Gasteiger partial charge on any atom is -0.399 e. The molecule has 0 spiro atoms. The van der Waals surface area contributed by atoms with Crippen LogP contribution in [0.3, 0.4) is 0 Å². The summed E-state index contributed by atoms with van der Waals surface area (Å²) in [7, 11) is 0. The van der Waals surface area contributed by atoms with E-state index in [0.29, 0.717) is 0 Å². The Morgan fingerprint density at radius 3 is 2.74 bits per heavy atom. The second-order valence-electron chi connectivity index (χ2n) is 4.78. The fourth-order valence-corrected chi connectivity index (χ4v) is 2.36. The molecule has 0 unspecified atom stereocenters. The Balaban J connectivity index is 1.69. The highest BCUT2D eigenvalue weighted by atomic mass is 15.0. The largest absolute Gasteiger partial charge is 0.399 e.